The van der Waals surface area contributed by atoms with Crippen LogP contribution in [0.1, 0.15) is 56.8 Å². The minimum absolute atomic E-state index is 0.0903. The molecular formula is C19H28N4O5. The Kier molecular flexibility index (Phi) is 6.48. The van der Waals surface area contributed by atoms with E-state index in [0.29, 0.717) is 6.42 Å². The summed E-state index contributed by atoms with van der Waals surface area (Å²) in [4.78, 5) is 23.3. The summed E-state index contributed by atoms with van der Waals surface area (Å²) in [5.74, 6) is -1.10. The van der Waals surface area contributed by atoms with Gasteiger partial charge in [0, 0.05) is 12.0 Å². The maximum absolute atomic E-state index is 12.0. The van der Waals surface area contributed by atoms with Crippen LogP contribution in [0, 0.1) is 16.7 Å². The summed E-state index contributed by atoms with van der Waals surface area (Å²) < 4.78 is 11.7. The molecule has 1 aromatic heterocycles. The number of carbonyl (C=O) groups excluding carboxylic acids is 1. The van der Waals surface area contributed by atoms with E-state index in [-0.39, 0.29) is 34.6 Å². The van der Waals surface area contributed by atoms with Crippen molar-refractivity contribution < 1.29 is 24.2 Å². The van der Waals surface area contributed by atoms with Crippen molar-refractivity contribution in [3.63, 3.8) is 0 Å². The molecule has 0 bridgehead atoms. The Morgan fingerprint density at radius 3 is 2.57 bits per heavy atom. The highest BCUT2D eigenvalue weighted by Crippen LogP contribution is 2.26. The van der Waals surface area contributed by atoms with E-state index in [9.17, 15) is 14.7 Å². The number of amides is 1. The molecule has 0 radical (unpaired) electrons. The molecule has 2 rings (SSSR count). The molecule has 4 N–H and O–H groups in total. The van der Waals surface area contributed by atoms with E-state index in [2.05, 4.69) is 5.32 Å². The quantitative estimate of drug-likeness (QED) is 0.461. The molecular weight excluding hydrogens is 364 g/mol. The predicted octanol–water partition coefficient (Wildman–Crippen LogP) is 2.58. The van der Waals surface area contributed by atoms with Crippen LogP contribution in [-0.4, -0.2) is 46.3 Å². The van der Waals surface area contributed by atoms with Crippen LogP contribution in [0.2, 0.25) is 0 Å². The highest BCUT2D eigenvalue weighted by Gasteiger charge is 2.29. The fraction of sp³-hybridized carbons (Fsp3) is 0.579. The molecule has 1 fully saturated rings. The smallest absolute Gasteiger partial charge is 0.407 e. The van der Waals surface area contributed by atoms with Crippen LogP contribution in [0.4, 0.5) is 4.79 Å². The number of pyridine rings is 1. The van der Waals surface area contributed by atoms with Crippen molar-refractivity contribution >= 4 is 17.9 Å². The first-order valence-corrected chi connectivity index (χ1v) is 9.18. The lowest BCUT2D eigenvalue weighted by atomic mass is 9.84. The number of hydrogen-bond acceptors (Lipinski definition) is 6. The lowest BCUT2D eigenvalue weighted by Crippen LogP contribution is -2.44. The summed E-state index contributed by atoms with van der Waals surface area (Å²) in [6.07, 6.45) is 3.80. The zero-order chi connectivity index (χ0) is 21.1. The van der Waals surface area contributed by atoms with Crippen LogP contribution >= 0.6 is 0 Å². The molecule has 1 aliphatic carbocycles. The number of carboxylic acids is 1. The molecule has 1 saturated carbocycles. The number of ether oxygens (including phenoxy) is 2. The normalized spacial score (nSPS) is 19.6. The van der Waals surface area contributed by atoms with E-state index in [1.54, 1.807) is 20.8 Å². The van der Waals surface area contributed by atoms with Crippen molar-refractivity contribution in [1.29, 1.82) is 10.8 Å². The SMILES string of the molecule is COc1cn(C(=N)[C@H]2CCC[C@@H](NC(=O)OC(C)(C)C)C2)c(=N)cc1C(=O)O. The molecule has 9 heteroatoms. The first-order valence-electron chi connectivity index (χ1n) is 9.18. The van der Waals surface area contributed by atoms with Gasteiger partial charge in [-0.25, -0.2) is 9.59 Å². The topological polar surface area (TPSA) is 137 Å². The Bertz CT molecular complexity index is 825. The van der Waals surface area contributed by atoms with Crippen LogP contribution in [0.3, 0.4) is 0 Å². The van der Waals surface area contributed by atoms with E-state index < -0.39 is 17.7 Å². The Balaban J connectivity index is 2.15. The van der Waals surface area contributed by atoms with Crippen LogP contribution in [0.25, 0.3) is 0 Å². The third-order valence-electron chi connectivity index (χ3n) is 4.54. The van der Waals surface area contributed by atoms with Crippen molar-refractivity contribution in [3.05, 3.63) is 23.3 Å². The first-order chi connectivity index (χ1) is 13.0. The highest BCUT2D eigenvalue weighted by molar-refractivity contribution is 5.91. The van der Waals surface area contributed by atoms with Crippen molar-refractivity contribution in [1.82, 2.24) is 9.88 Å². The summed E-state index contributed by atoms with van der Waals surface area (Å²) in [7, 11) is 1.35. The molecule has 9 nitrogen and oxygen atoms in total. The van der Waals surface area contributed by atoms with Gasteiger partial charge in [-0.1, -0.05) is 6.42 Å². The van der Waals surface area contributed by atoms with Gasteiger partial charge in [0.25, 0.3) is 0 Å². The monoisotopic (exact) mass is 392 g/mol. The van der Waals surface area contributed by atoms with Gasteiger partial charge in [0.05, 0.1) is 13.3 Å². The minimum Gasteiger partial charge on any atom is -0.494 e. The Morgan fingerprint density at radius 1 is 1.32 bits per heavy atom. The molecule has 0 spiro atoms. The predicted molar refractivity (Wildman–Crippen MR) is 102 cm³/mol. The van der Waals surface area contributed by atoms with Gasteiger partial charge in [0.1, 0.15) is 28.2 Å². The maximum Gasteiger partial charge on any atom is 0.407 e. The van der Waals surface area contributed by atoms with E-state index >= 15 is 0 Å². The summed E-state index contributed by atoms with van der Waals surface area (Å²) in [5.41, 5.74) is -0.807. The molecule has 154 valence electrons. The molecule has 1 heterocycles. The zero-order valence-electron chi connectivity index (χ0n) is 16.7. The van der Waals surface area contributed by atoms with E-state index in [0.717, 1.165) is 19.3 Å². The van der Waals surface area contributed by atoms with E-state index in [1.807, 2.05) is 0 Å². The lowest BCUT2D eigenvalue weighted by molar-refractivity contribution is 0.0488. The number of methoxy groups -OCH3 is 1. The van der Waals surface area contributed by atoms with Gasteiger partial charge in [-0.05, 0) is 46.1 Å². The number of carboxylic acid groups (broad SMARTS) is 1. The van der Waals surface area contributed by atoms with Crippen molar-refractivity contribution in [2.24, 2.45) is 5.92 Å². The number of aromatic nitrogens is 1. The largest absolute Gasteiger partial charge is 0.494 e. The fourth-order valence-corrected chi connectivity index (χ4v) is 3.30. The number of nitrogens with one attached hydrogen (secondary N) is 3. The van der Waals surface area contributed by atoms with E-state index in [1.165, 1.54) is 23.9 Å². The van der Waals surface area contributed by atoms with Crippen molar-refractivity contribution in [2.75, 3.05) is 7.11 Å². The third kappa shape index (κ3) is 5.34. The number of carbonyl (C=O) groups is 2. The molecule has 0 aliphatic heterocycles. The second-order valence-corrected chi connectivity index (χ2v) is 7.91. The second kappa shape index (κ2) is 8.45. The van der Waals surface area contributed by atoms with Crippen LogP contribution < -0.4 is 15.5 Å². The zero-order valence-corrected chi connectivity index (χ0v) is 16.7. The van der Waals surface area contributed by atoms with Gasteiger partial charge >= 0.3 is 12.1 Å². The third-order valence-corrected chi connectivity index (χ3v) is 4.54. The first kappa shape index (κ1) is 21.5. The summed E-state index contributed by atoms with van der Waals surface area (Å²) >= 11 is 0. The molecule has 1 aliphatic rings. The molecule has 0 aromatic carbocycles. The highest BCUT2D eigenvalue weighted by atomic mass is 16.6. The number of rotatable bonds is 4. The Labute approximate surface area is 163 Å². The molecule has 0 unspecified atom stereocenters. The number of nitrogens with zero attached hydrogens (tertiary/aromatic N) is 1. The van der Waals surface area contributed by atoms with Gasteiger partial charge in [-0.3, -0.25) is 15.4 Å². The van der Waals surface area contributed by atoms with Crippen LogP contribution in [0.15, 0.2) is 12.3 Å². The van der Waals surface area contributed by atoms with Crippen molar-refractivity contribution in [2.45, 2.75) is 58.1 Å². The Hall–Kier alpha value is -2.84. The molecule has 1 amide bonds. The van der Waals surface area contributed by atoms with Gasteiger partial charge in [0.2, 0.25) is 0 Å². The second-order valence-electron chi connectivity index (χ2n) is 7.91. The fourth-order valence-electron chi connectivity index (χ4n) is 3.30. The van der Waals surface area contributed by atoms with Crippen LogP contribution in [-0.2, 0) is 4.74 Å². The average Bonchev–Trinajstić information content (AvgIpc) is 2.59. The molecule has 1 aromatic rings. The standard InChI is InChI=1S/C19H28N4O5/c1-19(2,3)28-18(26)22-12-7-5-6-11(8-12)16(21)23-10-14(27-4)13(17(24)25)9-15(23)20/h9-12,20-21H,5-8H2,1-4H3,(H,22,26)(H,24,25)/t11-,12+/m0/s1. The van der Waals surface area contributed by atoms with Gasteiger partial charge in [-0.15, -0.1) is 0 Å². The average molecular weight is 392 g/mol. The molecule has 28 heavy (non-hydrogen) atoms. The van der Waals surface area contributed by atoms with Crippen LogP contribution in [0.5, 0.6) is 5.75 Å². The van der Waals surface area contributed by atoms with E-state index in [4.69, 9.17) is 20.3 Å². The summed E-state index contributed by atoms with van der Waals surface area (Å²) in [6.45, 7) is 5.39. The number of hydrogen-bond donors (Lipinski definition) is 4. The maximum atomic E-state index is 12.0. The summed E-state index contributed by atoms with van der Waals surface area (Å²) in [5, 5.41) is 28.7. The van der Waals surface area contributed by atoms with Gasteiger partial charge in [0.15, 0.2) is 0 Å². The number of alkyl carbamates (subject to hydrolysis) is 1. The molecule has 2 atom stereocenters. The summed E-state index contributed by atoms with van der Waals surface area (Å²) in [6, 6.07) is 1.05. The van der Waals surface area contributed by atoms with Crippen molar-refractivity contribution in [3.8, 4) is 5.75 Å². The van der Waals surface area contributed by atoms with Gasteiger partial charge < -0.3 is 19.9 Å². The Morgan fingerprint density at radius 2 is 2.00 bits per heavy atom. The molecule has 0 saturated heterocycles. The number of aromatic carboxylic acids is 1. The van der Waals surface area contributed by atoms with Gasteiger partial charge in [-0.2, -0.15) is 0 Å². The lowest BCUT2D eigenvalue weighted by Gasteiger charge is -2.31. The minimum atomic E-state index is -1.19.